The van der Waals surface area contributed by atoms with Crippen LogP contribution in [0.25, 0.3) is 10.4 Å². The van der Waals surface area contributed by atoms with E-state index in [4.69, 9.17) is 21.1 Å². The summed E-state index contributed by atoms with van der Waals surface area (Å²) in [6, 6.07) is 5.87. The maximum Gasteiger partial charge on any atom is 0.355 e. The van der Waals surface area contributed by atoms with Gasteiger partial charge in [-0.2, -0.15) is 0 Å². The number of nitrogens with two attached hydrogens (primary N) is 2. The van der Waals surface area contributed by atoms with E-state index >= 15 is 0 Å². The molecule has 2 aromatic rings. The summed E-state index contributed by atoms with van der Waals surface area (Å²) in [5.74, 6) is 7.26. The first-order valence-electron chi connectivity index (χ1n) is 5.70. The number of aromatic nitrogens is 1. The molecule has 0 amide bonds. The Morgan fingerprint density at radius 1 is 1.17 bits per heavy atom. The Balaban J connectivity index is 2.01. The van der Waals surface area contributed by atoms with Crippen molar-refractivity contribution in [2.75, 3.05) is 24.8 Å². The van der Waals surface area contributed by atoms with Crippen LogP contribution in [0.5, 0.6) is 11.5 Å². The Morgan fingerprint density at radius 3 is 2.67 bits per heavy atom. The highest BCUT2D eigenvalue weighted by atomic mass is 32.1. The van der Waals surface area contributed by atoms with Crippen LogP contribution in [0.4, 0.5) is 5.13 Å². The van der Waals surface area contributed by atoms with Crippen LogP contribution in [0.2, 0.25) is 0 Å². The second-order valence-electron chi connectivity index (χ2n) is 4.05. The fourth-order valence-electron chi connectivity index (χ4n) is 1.83. The van der Waals surface area contributed by atoms with Crippen molar-refractivity contribution < 1.29 is 14.1 Å². The third kappa shape index (κ3) is 1.95. The topological polar surface area (TPSA) is 74.4 Å². The van der Waals surface area contributed by atoms with Gasteiger partial charge < -0.3 is 9.47 Å². The van der Waals surface area contributed by atoms with E-state index in [1.54, 1.807) is 6.20 Å². The van der Waals surface area contributed by atoms with Gasteiger partial charge in [0.05, 0.1) is 18.1 Å². The van der Waals surface area contributed by atoms with E-state index in [0.717, 1.165) is 28.4 Å². The molecule has 4 N–H and O–H groups in total. The minimum Gasteiger partial charge on any atom is -0.490 e. The normalized spacial score (nSPS) is 14.2. The zero-order valence-electron chi connectivity index (χ0n) is 9.76. The molecule has 94 valence electrons. The largest absolute Gasteiger partial charge is 0.490 e. The first-order valence-corrected chi connectivity index (χ1v) is 6.52. The van der Waals surface area contributed by atoms with Crippen molar-refractivity contribution >= 4 is 16.5 Å². The molecule has 0 fully saturated rings. The lowest BCUT2D eigenvalue weighted by atomic mass is 10.2. The Morgan fingerprint density at radius 2 is 1.94 bits per heavy atom. The smallest absolute Gasteiger partial charge is 0.355 e. The number of ether oxygens (including phenoxy) is 2. The lowest BCUT2D eigenvalue weighted by molar-refractivity contribution is -0.618. The molecular formula is C12H14N3O2S+. The summed E-state index contributed by atoms with van der Waals surface area (Å²) in [7, 11) is 0. The predicted molar refractivity (Wildman–Crippen MR) is 70.1 cm³/mol. The maximum atomic E-state index is 5.74. The van der Waals surface area contributed by atoms with Crippen molar-refractivity contribution in [2.45, 2.75) is 6.42 Å². The van der Waals surface area contributed by atoms with Crippen molar-refractivity contribution in [3.05, 3.63) is 24.4 Å². The third-order valence-corrected chi connectivity index (χ3v) is 3.74. The van der Waals surface area contributed by atoms with Gasteiger partial charge in [0.2, 0.25) is 0 Å². The van der Waals surface area contributed by atoms with Crippen molar-refractivity contribution in [1.82, 2.24) is 0 Å². The highest BCUT2D eigenvalue weighted by Crippen LogP contribution is 2.35. The van der Waals surface area contributed by atoms with Gasteiger partial charge in [0.15, 0.2) is 11.5 Å². The number of rotatable bonds is 1. The van der Waals surface area contributed by atoms with Gasteiger partial charge in [-0.1, -0.05) is 0 Å². The summed E-state index contributed by atoms with van der Waals surface area (Å²) in [5, 5.41) is 0.567. The number of benzene rings is 1. The van der Waals surface area contributed by atoms with E-state index in [1.165, 1.54) is 16.0 Å². The van der Waals surface area contributed by atoms with Gasteiger partial charge in [-0.15, -0.1) is 4.68 Å². The summed E-state index contributed by atoms with van der Waals surface area (Å²) >= 11 is 1.44. The monoisotopic (exact) mass is 264 g/mol. The minimum absolute atomic E-state index is 0.567. The quantitative estimate of drug-likeness (QED) is 0.599. The molecule has 0 radical (unpaired) electrons. The molecule has 1 aromatic carbocycles. The van der Waals surface area contributed by atoms with E-state index in [0.29, 0.717) is 18.3 Å². The fraction of sp³-hybridized carbons (Fsp3) is 0.250. The van der Waals surface area contributed by atoms with Crippen LogP contribution in [-0.2, 0) is 0 Å². The van der Waals surface area contributed by atoms with Crippen LogP contribution >= 0.6 is 11.3 Å². The van der Waals surface area contributed by atoms with E-state index in [2.05, 4.69) is 0 Å². The van der Waals surface area contributed by atoms with Crippen molar-refractivity contribution in [3.8, 4) is 21.9 Å². The molecule has 3 rings (SSSR count). The molecule has 0 unspecified atom stereocenters. The maximum absolute atomic E-state index is 5.74. The average Bonchev–Trinajstić information content (AvgIpc) is 2.60. The number of fused-ring (bicyclic) bond motifs is 1. The number of nitrogen functional groups attached to an aromatic ring is 2. The highest BCUT2D eigenvalue weighted by molar-refractivity contribution is 7.18. The van der Waals surface area contributed by atoms with Gasteiger partial charge in [-0.05, 0) is 35.1 Å². The first-order chi connectivity index (χ1) is 8.74. The molecule has 6 heteroatoms. The number of hydrogen-bond donors (Lipinski definition) is 2. The zero-order valence-corrected chi connectivity index (χ0v) is 10.6. The Labute approximate surface area is 109 Å². The lowest BCUT2D eigenvalue weighted by Crippen LogP contribution is -2.44. The number of hydrogen-bond acceptors (Lipinski definition) is 5. The minimum atomic E-state index is 0.567. The van der Waals surface area contributed by atoms with Gasteiger partial charge in [0, 0.05) is 6.42 Å². The molecule has 18 heavy (non-hydrogen) atoms. The Kier molecular flexibility index (Phi) is 2.71. The fourth-order valence-corrected chi connectivity index (χ4v) is 2.63. The summed E-state index contributed by atoms with van der Waals surface area (Å²) in [6.07, 6.45) is 2.71. The van der Waals surface area contributed by atoms with Crippen LogP contribution in [0.1, 0.15) is 6.42 Å². The molecule has 1 aliphatic heterocycles. The van der Waals surface area contributed by atoms with Crippen LogP contribution in [0.3, 0.4) is 0 Å². The van der Waals surface area contributed by atoms with Crippen LogP contribution in [-0.4, -0.2) is 13.2 Å². The van der Waals surface area contributed by atoms with Gasteiger partial charge >= 0.3 is 5.13 Å². The second kappa shape index (κ2) is 4.38. The van der Waals surface area contributed by atoms with Crippen molar-refractivity contribution in [3.63, 3.8) is 0 Å². The molecule has 1 aromatic heterocycles. The van der Waals surface area contributed by atoms with Crippen LogP contribution in [0.15, 0.2) is 24.4 Å². The highest BCUT2D eigenvalue weighted by Gasteiger charge is 2.15. The number of anilines is 1. The average molecular weight is 264 g/mol. The second-order valence-corrected chi connectivity index (χ2v) is 5.12. The van der Waals surface area contributed by atoms with E-state index < -0.39 is 0 Å². The van der Waals surface area contributed by atoms with Crippen molar-refractivity contribution in [2.24, 2.45) is 0 Å². The van der Waals surface area contributed by atoms with Crippen LogP contribution < -0.4 is 25.7 Å². The first kappa shape index (κ1) is 11.2. The van der Waals surface area contributed by atoms with Gasteiger partial charge in [0.25, 0.3) is 0 Å². The van der Waals surface area contributed by atoms with Gasteiger partial charge in [-0.3, -0.25) is 11.6 Å². The summed E-state index contributed by atoms with van der Waals surface area (Å²) < 4.78 is 12.7. The van der Waals surface area contributed by atoms with Gasteiger partial charge in [-0.25, -0.2) is 0 Å². The Bertz CT molecular complexity index is 563. The molecule has 0 aliphatic carbocycles. The summed E-state index contributed by atoms with van der Waals surface area (Å²) in [4.78, 5) is 1.01. The van der Waals surface area contributed by atoms with Gasteiger partial charge in [0.1, 0.15) is 6.20 Å². The van der Waals surface area contributed by atoms with E-state index in [-0.39, 0.29) is 0 Å². The standard InChI is InChI=1S/C12H13N3O2S/c13-12-15(14)7-11(18-12)8-2-3-9-10(6-8)17-5-1-4-16-9/h2-3,6-7,13H,1,4-5,14H2/p+1. The summed E-state index contributed by atoms with van der Waals surface area (Å²) in [6.45, 7) is 1.38. The molecule has 2 heterocycles. The number of thiazole rings is 1. The molecule has 5 nitrogen and oxygen atoms in total. The third-order valence-electron chi connectivity index (χ3n) is 2.76. The van der Waals surface area contributed by atoms with E-state index in [9.17, 15) is 0 Å². The molecule has 0 atom stereocenters. The molecular weight excluding hydrogens is 250 g/mol. The lowest BCUT2D eigenvalue weighted by Gasteiger charge is -2.07. The molecule has 0 saturated carbocycles. The predicted octanol–water partition coefficient (Wildman–Crippen LogP) is 1.16. The van der Waals surface area contributed by atoms with Crippen LogP contribution in [0, 0.1) is 0 Å². The molecule has 1 aliphatic rings. The zero-order chi connectivity index (χ0) is 12.5. The van der Waals surface area contributed by atoms with Crippen molar-refractivity contribution in [1.29, 1.82) is 0 Å². The summed E-state index contributed by atoms with van der Waals surface area (Å²) in [5.41, 5.74) is 6.77. The molecule has 0 saturated heterocycles. The van der Waals surface area contributed by atoms with E-state index in [1.807, 2.05) is 18.2 Å². The molecule has 0 spiro atoms. The molecule has 0 bridgehead atoms. The SMILES string of the molecule is Nc1sc(-c2ccc3c(c2)OCCCO3)c[n+]1N. The number of nitrogens with zero attached hydrogens (tertiary/aromatic N) is 1. The Hall–Kier alpha value is -1.95.